The number of hydrogen-bond acceptors (Lipinski definition) is 2. The first-order chi connectivity index (χ1) is 8.97. The van der Waals surface area contributed by atoms with E-state index in [0.717, 1.165) is 25.2 Å². The van der Waals surface area contributed by atoms with Gasteiger partial charge in [0.2, 0.25) is 0 Å². The lowest BCUT2D eigenvalue weighted by atomic mass is 10.0. The van der Waals surface area contributed by atoms with Gasteiger partial charge in [-0.2, -0.15) is 0 Å². The predicted octanol–water partition coefficient (Wildman–Crippen LogP) is 3.56. The average Bonchev–Trinajstić information content (AvgIpc) is 2.39. The van der Waals surface area contributed by atoms with E-state index in [2.05, 4.69) is 25.7 Å². The molecular formula is C16H25NO2. The summed E-state index contributed by atoms with van der Waals surface area (Å²) in [7, 11) is 0. The molecule has 1 aromatic rings. The molecule has 0 aliphatic rings. The van der Waals surface area contributed by atoms with Crippen LogP contribution < -0.4 is 0 Å². The van der Waals surface area contributed by atoms with E-state index in [-0.39, 0.29) is 0 Å². The largest absolute Gasteiger partial charge is 0.478 e. The molecule has 3 heteroatoms. The Labute approximate surface area is 116 Å². The zero-order valence-electron chi connectivity index (χ0n) is 12.4. The summed E-state index contributed by atoms with van der Waals surface area (Å²) < 4.78 is 0. The van der Waals surface area contributed by atoms with Crippen LogP contribution in [-0.4, -0.2) is 29.1 Å². The van der Waals surface area contributed by atoms with Gasteiger partial charge in [0.15, 0.2) is 0 Å². The van der Waals surface area contributed by atoms with Gasteiger partial charge in [-0.15, -0.1) is 0 Å². The van der Waals surface area contributed by atoms with Crippen molar-refractivity contribution in [3.8, 4) is 0 Å². The molecule has 1 rings (SSSR count). The fourth-order valence-corrected chi connectivity index (χ4v) is 2.12. The Morgan fingerprint density at radius 3 is 2.53 bits per heavy atom. The number of rotatable bonds is 7. The molecule has 0 aromatic heterocycles. The van der Waals surface area contributed by atoms with Gasteiger partial charge in [-0.05, 0) is 42.6 Å². The first kappa shape index (κ1) is 15.7. The van der Waals surface area contributed by atoms with E-state index in [9.17, 15) is 4.79 Å². The summed E-state index contributed by atoms with van der Waals surface area (Å²) in [6.07, 6.45) is 1.19. The van der Waals surface area contributed by atoms with E-state index in [0.29, 0.717) is 11.5 Å². The SMILES string of the molecule is CCC(C)CN(CC)Cc1ccc(C(=O)O)cc1C. The molecule has 1 unspecified atom stereocenters. The van der Waals surface area contributed by atoms with Gasteiger partial charge in [0, 0.05) is 13.1 Å². The summed E-state index contributed by atoms with van der Waals surface area (Å²) >= 11 is 0. The van der Waals surface area contributed by atoms with Gasteiger partial charge in [-0.3, -0.25) is 4.90 Å². The predicted molar refractivity (Wildman–Crippen MR) is 78.5 cm³/mol. The lowest BCUT2D eigenvalue weighted by molar-refractivity contribution is 0.0696. The van der Waals surface area contributed by atoms with Gasteiger partial charge in [0.1, 0.15) is 0 Å². The summed E-state index contributed by atoms with van der Waals surface area (Å²) in [4.78, 5) is 13.3. The van der Waals surface area contributed by atoms with Gasteiger partial charge in [-0.25, -0.2) is 4.79 Å². The molecule has 1 atom stereocenters. The standard InChI is InChI=1S/C16H25NO2/c1-5-12(3)10-17(6-2)11-15-8-7-14(16(18)19)9-13(15)4/h7-9,12H,5-6,10-11H2,1-4H3,(H,18,19). The second-order valence-corrected chi connectivity index (χ2v) is 5.29. The Hall–Kier alpha value is -1.35. The minimum atomic E-state index is -0.860. The maximum absolute atomic E-state index is 10.9. The minimum absolute atomic E-state index is 0.367. The van der Waals surface area contributed by atoms with Crippen molar-refractivity contribution in [2.24, 2.45) is 5.92 Å². The lowest BCUT2D eigenvalue weighted by Crippen LogP contribution is -2.28. The highest BCUT2D eigenvalue weighted by Gasteiger charge is 2.11. The van der Waals surface area contributed by atoms with Crippen molar-refractivity contribution >= 4 is 5.97 Å². The van der Waals surface area contributed by atoms with E-state index >= 15 is 0 Å². The molecule has 19 heavy (non-hydrogen) atoms. The van der Waals surface area contributed by atoms with Crippen LogP contribution in [0.2, 0.25) is 0 Å². The van der Waals surface area contributed by atoms with Crippen LogP contribution in [0.5, 0.6) is 0 Å². The Kier molecular flexibility index (Phi) is 6.03. The Morgan fingerprint density at radius 1 is 1.37 bits per heavy atom. The van der Waals surface area contributed by atoms with Crippen molar-refractivity contribution in [1.29, 1.82) is 0 Å². The van der Waals surface area contributed by atoms with Crippen LogP contribution in [0.15, 0.2) is 18.2 Å². The van der Waals surface area contributed by atoms with Gasteiger partial charge in [-0.1, -0.05) is 33.3 Å². The highest BCUT2D eigenvalue weighted by molar-refractivity contribution is 5.87. The van der Waals surface area contributed by atoms with Crippen molar-refractivity contribution in [3.63, 3.8) is 0 Å². The number of carbonyl (C=O) groups is 1. The minimum Gasteiger partial charge on any atom is -0.478 e. The molecule has 0 fully saturated rings. The summed E-state index contributed by atoms with van der Waals surface area (Å²) in [6, 6.07) is 5.40. The molecule has 0 saturated heterocycles. The van der Waals surface area contributed by atoms with E-state index in [1.54, 1.807) is 12.1 Å². The molecular weight excluding hydrogens is 238 g/mol. The zero-order valence-corrected chi connectivity index (χ0v) is 12.4. The Balaban J connectivity index is 2.77. The second-order valence-electron chi connectivity index (χ2n) is 5.29. The molecule has 1 aromatic carbocycles. The van der Waals surface area contributed by atoms with Gasteiger partial charge < -0.3 is 5.11 Å². The molecule has 0 bridgehead atoms. The number of hydrogen-bond donors (Lipinski definition) is 1. The van der Waals surface area contributed by atoms with Crippen LogP contribution in [0.1, 0.15) is 48.7 Å². The fourth-order valence-electron chi connectivity index (χ4n) is 2.12. The first-order valence-electron chi connectivity index (χ1n) is 7.03. The van der Waals surface area contributed by atoms with Crippen molar-refractivity contribution in [2.75, 3.05) is 13.1 Å². The lowest BCUT2D eigenvalue weighted by Gasteiger charge is -2.24. The van der Waals surface area contributed by atoms with Crippen LogP contribution in [0, 0.1) is 12.8 Å². The molecule has 0 aliphatic carbocycles. The van der Waals surface area contributed by atoms with Crippen LogP contribution in [0.25, 0.3) is 0 Å². The Morgan fingerprint density at radius 2 is 2.05 bits per heavy atom. The fraction of sp³-hybridized carbons (Fsp3) is 0.562. The quantitative estimate of drug-likeness (QED) is 0.817. The number of carboxylic acids is 1. The third-order valence-electron chi connectivity index (χ3n) is 3.70. The van der Waals surface area contributed by atoms with Crippen molar-refractivity contribution in [2.45, 2.75) is 40.7 Å². The molecule has 1 N–H and O–H groups in total. The van der Waals surface area contributed by atoms with E-state index in [1.807, 2.05) is 13.0 Å². The smallest absolute Gasteiger partial charge is 0.335 e. The highest BCUT2D eigenvalue weighted by Crippen LogP contribution is 2.15. The van der Waals surface area contributed by atoms with E-state index in [4.69, 9.17) is 5.11 Å². The highest BCUT2D eigenvalue weighted by atomic mass is 16.4. The molecule has 106 valence electrons. The number of benzene rings is 1. The van der Waals surface area contributed by atoms with Crippen LogP contribution in [0.4, 0.5) is 0 Å². The van der Waals surface area contributed by atoms with Gasteiger partial charge >= 0.3 is 5.97 Å². The number of aryl methyl sites for hydroxylation is 1. The number of nitrogens with zero attached hydrogens (tertiary/aromatic N) is 1. The summed E-state index contributed by atoms with van der Waals surface area (Å²) in [5.41, 5.74) is 2.64. The normalized spacial score (nSPS) is 12.7. The van der Waals surface area contributed by atoms with Crippen LogP contribution in [0.3, 0.4) is 0 Å². The Bertz CT molecular complexity index is 429. The van der Waals surface area contributed by atoms with E-state index < -0.39 is 5.97 Å². The molecule has 0 amide bonds. The van der Waals surface area contributed by atoms with Crippen molar-refractivity contribution < 1.29 is 9.90 Å². The van der Waals surface area contributed by atoms with Gasteiger partial charge in [0.05, 0.1) is 5.56 Å². The summed E-state index contributed by atoms with van der Waals surface area (Å²) in [6.45, 7) is 11.6. The molecule has 3 nitrogen and oxygen atoms in total. The molecule has 0 spiro atoms. The van der Waals surface area contributed by atoms with Gasteiger partial charge in [0.25, 0.3) is 0 Å². The molecule has 0 radical (unpaired) electrons. The molecule has 0 heterocycles. The van der Waals surface area contributed by atoms with Crippen LogP contribution >= 0.6 is 0 Å². The second kappa shape index (κ2) is 7.29. The topological polar surface area (TPSA) is 40.5 Å². The van der Waals surface area contributed by atoms with Crippen molar-refractivity contribution in [1.82, 2.24) is 4.90 Å². The molecule has 0 aliphatic heterocycles. The maximum atomic E-state index is 10.9. The number of carboxylic acid groups (broad SMARTS) is 1. The summed E-state index contributed by atoms with van der Waals surface area (Å²) in [5.74, 6) is -0.167. The first-order valence-corrected chi connectivity index (χ1v) is 7.03. The zero-order chi connectivity index (χ0) is 14.4. The third-order valence-corrected chi connectivity index (χ3v) is 3.70. The number of aromatic carboxylic acids is 1. The van der Waals surface area contributed by atoms with E-state index in [1.165, 1.54) is 12.0 Å². The van der Waals surface area contributed by atoms with Crippen molar-refractivity contribution in [3.05, 3.63) is 34.9 Å². The molecule has 0 saturated carbocycles. The van der Waals surface area contributed by atoms with Crippen LogP contribution in [-0.2, 0) is 6.54 Å². The third kappa shape index (κ3) is 4.67. The maximum Gasteiger partial charge on any atom is 0.335 e. The monoisotopic (exact) mass is 263 g/mol. The summed E-state index contributed by atoms with van der Waals surface area (Å²) in [5, 5.41) is 8.97. The average molecular weight is 263 g/mol.